The quantitative estimate of drug-likeness (QED) is 0.793. The van der Waals surface area contributed by atoms with E-state index in [9.17, 15) is 4.79 Å². The van der Waals surface area contributed by atoms with Crippen LogP contribution in [0.3, 0.4) is 0 Å². The maximum absolute atomic E-state index is 12.5. The Hall–Kier alpha value is -2.01. The highest BCUT2D eigenvalue weighted by Crippen LogP contribution is 2.20. The second kappa shape index (κ2) is 5.17. The zero-order valence-electron chi connectivity index (χ0n) is 10.9. The Morgan fingerprint density at radius 2 is 2.15 bits per heavy atom. The Morgan fingerprint density at radius 3 is 2.90 bits per heavy atom. The normalized spacial score (nSPS) is 10.9. The minimum atomic E-state index is -0.0253. The summed E-state index contributed by atoms with van der Waals surface area (Å²) in [5.41, 5.74) is 1.65. The van der Waals surface area contributed by atoms with Gasteiger partial charge in [-0.1, -0.05) is 6.07 Å². The van der Waals surface area contributed by atoms with E-state index in [1.54, 1.807) is 11.9 Å². The first-order valence-corrected chi connectivity index (χ1v) is 7.00. The summed E-state index contributed by atoms with van der Waals surface area (Å²) < 4.78 is 6.10. The van der Waals surface area contributed by atoms with E-state index in [0.29, 0.717) is 16.8 Å². The molecule has 0 saturated carbocycles. The van der Waals surface area contributed by atoms with Crippen LogP contribution in [-0.4, -0.2) is 22.8 Å². The van der Waals surface area contributed by atoms with Crippen molar-refractivity contribution in [2.45, 2.75) is 6.54 Å². The largest absolute Gasteiger partial charge is 0.452 e. The number of rotatable bonds is 3. The second-order valence-electron chi connectivity index (χ2n) is 4.61. The SMILES string of the molecule is CN(Cc1ccc(Br)o1)C(=O)c1cccc2[nH]ccc12. The third-order valence-corrected chi connectivity index (χ3v) is 3.62. The molecule has 0 atom stereocenters. The summed E-state index contributed by atoms with van der Waals surface area (Å²) in [5.74, 6) is 0.719. The number of hydrogen-bond acceptors (Lipinski definition) is 2. The van der Waals surface area contributed by atoms with E-state index in [1.165, 1.54) is 0 Å². The van der Waals surface area contributed by atoms with Gasteiger partial charge in [0.25, 0.3) is 5.91 Å². The molecule has 1 N–H and O–H groups in total. The predicted octanol–water partition coefficient (Wildman–Crippen LogP) is 3.80. The lowest BCUT2D eigenvalue weighted by atomic mass is 10.1. The van der Waals surface area contributed by atoms with Gasteiger partial charge >= 0.3 is 0 Å². The second-order valence-corrected chi connectivity index (χ2v) is 5.39. The van der Waals surface area contributed by atoms with Crippen molar-refractivity contribution >= 4 is 32.7 Å². The molecule has 0 fully saturated rings. The van der Waals surface area contributed by atoms with Gasteiger partial charge in [0, 0.05) is 29.7 Å². The standard InChI is InChI=1S/C15H13BrN2O2/c1-18(9-10-5-6-14(16)20-10)15(19)12-3-2-4-13-11(12)7-8-17-13/h2-8,17H,9H2,1H3. The van der Waals surface area contributed by atoms with Gasteiger partial charge in [-0.3, -0.25) is 4.79 Å². The lowest BCUT2D eigenvalue weighted by molar-refractivity contribution is 0.0777. The maximum Gasteiger partial charge on any atom is 0.254 e. The molecular weight excluding hydrogens is 320 g/mol. The molecule has 1 amide bonds. The molecular formula is C15H13BrN2O2. The molecule has 0 radical (unpaired) electrons. The van der Waals surface area contributed by atoms with Crippen molar-refractivity contribution in [2.24, 2.45) is 0 Å². The van der Waals surface area contributed by atoms with Crippen LogP contribution >= 0.6 is 15.9 Å². The molecule has 0 aliphatic heterocycles. The number of fused-ring (bicyclic) bond motifs is 1. The zero-order chi connectivity index (χ0) is 14.1. The summed E-state index contributed by atoms with van der Waals surface area (Å²) in [6.45, 7) is 0.436. The van der Waals surface area contributed by atoms with Crippen LogP contribution in [0.4, 0.5) is 0 Å². The number of benzene rings is 1. The number of halogens is 1. The number of nitrogens with zero attached hydrogens (tertiary/aromatic N) is 1. The third-order valence-electron chi connectivity index (χ3n) is 3.19. The number of nitrogens with one attached hydrogen (secondary N) is 1. The highest BCUT2D eigenvalue weighted by atomic mass is 79.9. The number of carbonyl (C=O) groups excluding carboxylic acids is 1. The number of hydrogen-bond donors (Lipinski definition) is 1. The first-order chi connectivity index (χ1) is 9.65. The zero-order valence-corrected chi connectivity index (χ0v) is 12.5. The van der Waals surface area contributed by atoms with Crippen LogP contribution in [0.1, 0.15) is 16.1 Å². The van der Waals surface area contributed by atoms with Crippen molar-refractivity contribution in [3.8, 4) is 0 Å². The van der Waals surface area contributed by atoms with Crippen molar-refractivity contribution in [1.29, 1.82) is 0 Å². The molecule has 102 valence electrons. The summed E-state index contributed by atoms with van der Waals surface area (Å²) >= 11 is 3.26. The van der Waals surface area contributed by atoms with E-state index in [1.807, 2.05) is 42.6 Å². The van der Waals surface area contributed by atoms with Crippen LogP contribution in [0, 0.1) is 0 Å². The molecule has 2 heterocycles. The lowest BCUT2D eigenvalue weighted by Crippen LogP contribution is -2.26. The van der Waals surface area contributed by atoms with Gasteiger partial charge in [-0.2, -0.15) is 0 Å². The van der Waals surface area contributed by atoms with Gasteiger partial charge in [-0.15, -0.1) is 0 Å². The van der Waals surface area contributed by atoms with Crippen molar-refractivity contribution in [3.63, 3.8) is 0 Å². The summed E-state index contributed by atoms with van der Waals surface area (Å²) in [6.07, 6.45) is 1.84. The smallest absolute Gasteiger partial charge is 0.254 e. The first-order valence-electron chi connectivity index (χ1n) is 6.21. The minimum Gasteiger partial charge on any atom is -0.452 e. The Bertz CT molecular complexity index is 760. The van der Waals surface area contributed by atoms with Gasteiger partial charge in [0.2, 0.25) is 0 Å². The van der Waals surface area contributed by atoms with Crippen LogP contribution < -0.4 is 0 Å². The Morgan fingerprint density at radius 1 is 1.30 bits per heavy atom. The van der Waals surface area contributed by atoms with Gasteiger partial charge in [0.15, 0.2) is 4.67 Å². The molecule has 0 aliphatic carbocycles. The van der Waals surface area contributed by atoms with Crippen LogP contribution in [0.5, 0.6) is 0 Å². The minimum absolute atomic E-state index is 0.0253. The Labute approximate surface area is 124 Å². The van der Waals surface area contributed by atoms with Gasteiger partial charge in [-0.25, -0.2) is 0 Å². The van der Waals surface area contributed by atoms with Gasteiger partial charge in [0.1, 0.15) is 5.76 Å². The van der Waals surface area contributed by atoms with Crippen LogP contribution in [-0.2, 0) is 6.54 Å². The monoisotopic (exact) mass is 332 g/mol. The number of H-pyrrole nitrogens is 1. The fourth-order valence-electron chi connectivity index (χ4n) is 2.22. The predicted molar refractivity (Wildman–Crippen MR) is 80.5 cm³/mol. The van der Waals surface area contributed by atoms with Crippen molar-refractivity contribution in [3.05, 3.63) is 58.6 Å². The lowest BCUT2D eigenvalue weighted by Gasteiger charge is -2.16. The molecule has 5 heteroatoms. The molecule has 0 spiro atoms. The molecule has 1 aromatic carbocycles. The van der Waals surface area contributed by atoms with Crippen LogP contribution in [0.15, 0.2) is 51.7 Å². The molecule has 0 aliphatic rings. The number of aromatic amines is 1. The van der Waals surface area contributed by atoms with E-state index < -0.39 is 0 Å². The molecule has 20 heavy (non-hydrogen) atoms. The van der Waals surface area contributed by atoms with Gasteiger partial charge < -0.3 is 14.3 Å². The number of carbonyl (C=O) groups is 1. The van der Waals surface area contributed by atoms with Crippen LogP contribution in [0.25, 0.3) is 10.9 Å². The number of aromatic nitrogens is 1. The van der Waals surface area contributed by atoms with Crippen molar-refractivity contribution < 1.29 is 9.21 Å². The molecule has 0 bridgehead atoms. The molecule has 3 rings (SSSR count). The Kier molecular flexibility index (Phi) is 3.36. The molecule has 3 aromatic rings. The number of amides is 1. The van der Waals surface area contributed by atoms with Crippen LogP contribution in [0.2, 0.25) is 0 Å². The van der Waals surface area contributed by atoms with Gasteiger partial charge in [0.05, 0.1) is 6.54 Å². The third kappa shape index (κ3) is 2.36. The van der Waals surface area contributed by atoms with E-state index in [0.717, 1.165) is 16.7 Å². The van der Waals surface area contributed by atoms with E-state index in [-0.39, 0.29) is 5.91 Å². The summed E-state index contributed by atoms with van der Waals surface area (Å²) in [7, 11) is 1.77. The molecule has 4 nitrogen and oxygen atoms in total. The summed E-state index contributed by atoms with van der Waals surface area (Å²) in [4.78, 5) is 17.3. The first kappa shape index (κ1) is 13.0. The van der Waals surface area contributed by atoms with E-state index in [2.05, 4.69) is 20.9 Å². The molecule has 0 saturated heterocycles. The Balaban J connectivity index is 1.86. The van der Waals surface area contributed by atoms with E-state index in [4.69, 9.17) is 4.42 Å². The topological polar surface area (TPSA) is 49.2 Å². The highest BCUT2D eigenvalue weighted by Gasteiger charge is 2.16. The molecule has 0 unspecified atom stereocenters. The average molecular weight is 333 g/mol. The van der Waals surface area contributed by atoms with E-state index >= 15 is 0 Å². The number of furan rings is 1. The highest BCUT2D eigenvalue weighted by molar-refractivity contribution is 9.10. The van der Waals surface area contributed by atoms with Crippen molar-refractivity contribution in [2.75, 3.05) is 7.05 Å². The fourth-order valence-corrected chi connectivity index (χ4v) is 2.56. The molecule has 2 aromatic heterocycles. The summed E-state index contributed by atoms with van der Waals surface area (Å²) in [5, 5.41) is 0.935. The fraction of sp³-hybridized carbons (Fsp3) is 0.133. The van der Waals surface area contributed by atoms with Crippen molar-refractivity contribution in [1.82, 2.24) is 9.88 Å². The summed E-state index contributed by atoms with van der Waals surface area (Å²) in [6, 6.07) is 11.3. The average Bonchev–Trinajstić information content (AvgIpc) is 3.06. The maximum atomic E-state index is 12.5. The van der Waals surface area contributed by atoms with Gasteiger partial charge in [-0.05, 0) is 46.3 Å².